The van der Waals surface area contributed by atoms with Crippen molar-refractivity contribution in [2.45, 2.75) is 207 Å². The van der Waals surface area contributed by atoms with Gasteiger partial charge in [-0.2, -0.15) is 0 Å². The van der Waals surface area contributed by atoms with E-state index in [-0.39, 0.29) is 92.8 Å². The Balaban J connectivity index is 0.000000259. The third-order valence-electron chi connectivity index (χ3n) is 22.8. The maximum Gasteiger partial charge on any atom is 0.416 e. The summed E-state index contributed by atoms with van der Waals surface area (Å²) in [5.41, 5.74) is 16.2. The monoisotopic (exact) mass is 1830 g/mol. The number of hydrogen-bond acceptors (Lipinski definition) is 21. The first-order chi connectivity index (χ1) is 63.9. The molecule has 0 saturated carbocycles. The molecule has 134 heavy (non-hydrogen) atoms. The van der Waals surface area contributed by atoms with Gasteiger partial charge in [0.25, 0.3) is 11.8 Å². The van der Waals surface area contributed by atoms with Crippen molar-refractivity contribution in [3.8, 4) is 11.5 Å². The number of benzene rings is 8. The molecule has 0 fully saturated rings. The number of fused-ring (bicyclic) bond motifs is 4. The van der Waals surface area contributed by atoms with Gasteiger partial charge in [0, 0.05) is 43.3 Å². The highest BCUT2D eigenvalue weighted by atomic mass is 16.6. The quantitative estimate of drug-likeness (QED) is 0.0104. The lowest BCUT2D eigenvalue weighted by atomic mass is 10.0. The summed E-state index contributed by atoms with van der Waals surface area (Å²) >= 11 is 0. The number of carbonyl (C=O) groups is 11. The number of nitrogens with one attached hydrogen (secondary N) is 7. The van der Waals surface area contributed by atoms with Crippen LogP contribution in [0.25, 0.3) is 11.1 Å². The molecule has 8 aromatic carbocycles. The minimum Gasteiger partial charge on any atom is -0.497 e. The van der Waals surface area contributed by atoms with Crippen molar-refractivity contribution in [2.75, 3.05) is 54.3 Å². The minimum atomic E-state index is -1.46. The van der Waals surface area contributed by atoms with E-state index in [2.05, 4.69) is 43.8 Å². The molecule has 12 rings (SSSR count). The Morgan fingerprint density at radius 3 is 1.24 bits per heavy atom. The van der Waals surface area contributed by atoms with E-state index in [1.807, 2.05) is 125 Å². The van der Waals surface area contributed by atoms with Crippen LogP contribution in [0.4, 0.5) is 46.7 Å². The van der Waals surface area contributed by atoms with Gasteiger partial charge in [0.05, 0.1) is 54.8 Å². The lowest BCUT2D eigenvalue weighted by Crippen LogP contribution is -2.53. The van der Waals surface area contributed by atoms with Crippen LogP contribution in [-0.2, 0) is 68.9 Å². The molecule has 8 atom stereocenters. The van der Waals surface area contributed by atoms with Crippen LogP contribution >= 0.6 is 0 Å². The predicted molar refractivity (Wildman–Crippen MR) is 507 cm³/mol. The molecule has 0 radical (unpaired) electrons. The van der Waals surface area contributed by atoms with Crippen LogP contribution in [0.5, 0.6) is 11.5 Å². The molecule has 11 N–H and O–H groups in total. The molecule has 11 amide bonds. The van der Waals surface area contributed by atoms with Crippen molar-refractivity contribution in [3.05, 3.63) is 274 Å². The van der Waals surface area contributed by atoms with Gasteiger partial charge in [-0.15, -0.1) is 0 Å². The summed E-state index contributed by atoms with van der Waals surface area (Å²) in [7, 11) is 3.16. The minimum absolute atomic E-state index is 0.0721. The van der Waals surface area contributed by atoms with Gasteiger partial charge in [0.2, 0.25) is 23.6 Å². The van der Waals surface area contributed by atoms with Crippen molar-refractivity contribution < 1.29 is 96.1 Å². The second-order valence-electron chi connectivity index (χ2n) is 35.2. The number of hydrogen-bond donors (Lipinski definition) is 10. The van der Waals surface area contributed by atoms with Crippen LogP contribution < -0.4 is 62.2 Å². The number of carbonyl (C=O) groups excluding carboxylic acids is 11. The molecule has 0 saturated heterocycles. The second kappa shape index (κ2) is 46.1. The lowest BCUT2D eigenvalue weighted by Gasteiger charge is -2.31. The number of aliphatic hydroxyl groups excluding tert-OH is 2. The number of alkyl carbamates (subject to hydrolysis) is 3. The number of ether oxygens (including phenoxy) is 7. The average molecular weight is 1830 g/mol. The van der Waals surface area contributed by atoms with Crippen LogP contribution in [-0.4, -0.2) is 180 Å². The van der Waals surface area contributed by atoms with E-state index < -0.39 is 114 Å². The molecule has 8 aromatic rings. The van der Waals surface area contributed by atoms with Crippen LogP contribution in [0, 0.1) is 27.7 Å². The van der Waals surface area contributed by atoms with Crippen LogP contribution in [0.3, 0.4) is 0 Å². The number of methoxy groups -OCH3 is 2. The SMILES string of the molecule is C=CCOC(=O)N[C@@H](Cc1ccccc1)C(=O)N[C@@H](CCCCNC(=O)OC(C)(C)C)C(=O)Nc1ccc(COC(=O)N2c3cc(C)c(C)cc3C(=O)N3C=C(c4ccc(OC)cc4)C[C@H]3[C@@H]2O)cc1.COc1ccc(C2=CN3C(=O)c4cc(C)c(C)cc4N(C(=O)OCc4ccc(NC(=O)[C@H](CCCCNC(=O)OC(C)(C)C)NC(=O)[C@@H](N)Cc5ccccc5)cc4)[C@@H](O)[C@@H]3C2)cc1. The molecule has 4 heterocycles. The Labute approximate surface area is 780 Å². The predicted octanol–water partition coefficient (Wildman–Crippen LogP) is 14.4. The first-order valence-electron chi connectivity index (χ1n) is 44.5. The molecule has 0 aromatic heterocycles. The molecular weight excluding hydrogens is 1710 g/mol. The maximum absolute atomic E-state index is 14.1. The molecule has 0 aliphatic carbocycles. The first-order valence-corrected chi connectivity index (χ1v) is 44.5. The smallest absolute Gasteiger partial charge is 0.416 e. The average Bonchev–Trinajstić information content (AvgIpc) is 1.60. The van der Waals surface area contributed by atoms with Crippen molar-refractivity contribution in [1.29, 1.82) is 0 Å². The molecule has 32 nitrogen and oxygen atoms in total. The first kappa shape index (κ1) is 100. The lowest BCUT2D eigenvalue weighted by molar-refractivity contribution is -0.128. The molecule has 0 unspecified atom stereocenters. The molecular formula is C102H120N12O20. The summed E-state index contributed by atoms with van der Waals surface area (Å²) in [4.78, 5) is 153. The Bertz CT molecular complexity index is 5590. The van der Waals surface area contributed by atoms with E-state index in [1.165, 1.54) is 15.9 Å². The van der Waals surface area contributed by atoms with Gasteiger partial charge in [-0.25, -0.2) is 33.8 Å². The van der Waals surface area contributed by atoms with E-state index >= 15 is 0 Å². The van der Waals surface area contributed by atoms with Crippen molar-refractivity contribution in [1.82, 2.24) is 36.4 Å². The summed E-state index contributed by atoms with van der Waals surface area (Å²) in [6, 6.07) is 47.7. The fourth-order valence-corrected chi connectivity index (χ4v) is 15.5. The normalized spacial score (nSPS) is 16.3. The molecule has 32 heteroatoms. The highest BCUT2D eigenvalue weighted by Crippen LogP contribution is 2.43. The highest BCUT2D eigenvalue weighted by Gasteiger charge is 2.48. The topological polar surface area (TPSA) is 416 Å². The summed E-state index contributed by atoms with van der Waals surface area (Å²) in [6.07, 6.45) is 1.60. The maximum atomic E-state index is 14.1. The molecule has 0 spiro atoms. The fourth-order valence-electron chi connectivity index (χ4n) is 15.5. The number of nitrogens with zero attached hydrogens (tertiary/aromatic N) is 4. The number of aliphatic hydroxyl groups is 2. The zero-order valence-corrected chi connectivity index (χ0v) is 77.6. The van der Waals surface area contributed by atoms with Gasteiger partial charge >= 0.3 is 30.5 Å². The highest BCUT2D eigenvalue weighted by molar-refractivity contribution is 6.08. The standard InChI is InChI=1S/C53H62N6O11.C49H58N6O9/c1-8-26-68-51(65)57-43(29-35-14-10-9-11-15-35)47(61)56-42(16-12-13-25-54-50(64)70-53(4,5)6)46(60)55-39-21-17-36(18-22-39)32-69-52(66)59-44-28-34(3)33(2)27-41(44)48(62)58-31-38(30-45(58)49(59)63)37-19-23-40(67-7)24-20-37;1-30-24-38-41(25-31(30)2)55(46(59)42-27-35(28-54(42)45(38)58)34-17-21-37(62-6)22-18-34)48(61)63-29-33-15-19-36(20-16-33)52-44(57)40(14-10-11-23-51-47(60)64-49(3,4)5)53-43(56)39(50)26-32-12-8-7-9-13-32/h8-11,14-15,17-24,27-28,31,42-43,45,49,63H,1,12-13,16,25-26,29-30,32H2,2-7H3,(H,54,64)(H,55,60)(H,56,61)(H,57,65);7-9,12-13,15-22,24-25,28,39-40,42,46,59H,10-11,14,23,26-27,29,50H2,1-6H3,(H,51,60)(H,52,57)(H,53,56)/t42-,43-,45-,49-;39-,40-,42-,46-/m00/s1. The number of rotatable bonds is 33. The summed E-state index contributed by atoms with van der Waals surface area (Å²) in [5, 5.41) is 43.2. The molecule has 0 bridgehead atoms. The van der Waals surface area contributed by atoms with Gasteiger partial charge in [0.1, 0.15) is 60.6 Å². The van der Waals surface area contributed by atoms with E-state index in [1.54, 1.807) is 153 Å². The Morgan fingerprint density at radius 1 is 0.463 bits per heavy atom. The van der Waals surface area contributed by atoms with Gasteiger partial charge in [-0.3, -0.25) is 28.8 Å². The molecule has 4 aliphatic heterocycles. The second-order valence-corrected chi connectivity index (χ2v) is 35.2. The van der Waals surface area contributed by atoms with Crippen molar-refractivity contribution in [2.24, 2.45) is 5.73 Å². The summed E-state index contributed by atoms with van der Waals surface area (Å²) in [6.45, 7) is 21.8. The van der Waals surface area contributed by atoms with Gasteiger partial charge in [0.15, 0.2) is 12.5 Å². The van der Waals surface area contributed by atoms with Gasteiger partial charge in [-0.05, 0) is 267 Å². The van der Waals surface area contributed by atoms with Crippen LogP contribution in [0.15, 0.2) is 207 Å². The van der Waals surface area contributed by atoms with Crippen LogP contribution in [0.2, 0.25) is 0 Å². The third-order valence-corrected chi connectivity index (χ3v) is 22.8. The van der Waals surface area contributed by atoms with E-state index in [9.17, 15) is 63.0 Å². The molecule has 4 aliphatic rings. The van der Waals surface area contributed by atoms with Gasteiger partial charge < -0.3 is 96.1 Å². The van der Waals surface area contributed by atoms with E-state index in [0.29, 0.717) is 72.6 Å². The van der Waals surface area contributed by atoms with Gasteiger partial charge in [-0.1, -0.05) is 122 Å². The number of unbranched alkanes of at least 4 members (excludes halogenated alkanes) is 2. The van der Waals surface area contributed by atoms with Crippen molar-refractivity contribution >= 4 is 99.8 Å². The Morgan fingerprint density at radius 2 is 0.851 bits per heavy atom. The zero-order valence-electron chi connectivity index (χ0n) is 77.6. The zero-order chi connectivity index (χ0) is 96.7. The number of amides is 11. The third kappa shape index (κ3) is 27.4. The number of anilines is 4. The summed E-state index contributed by atoms with van der Waals surface area (Å²) < 4.78 is 37.9. The molecule has 708 valence electrons. The fraction of sp³-hybridized carbons (Fsp3) is 0.363. The largest absolute Gasteiger partial charge is 0.497 e. The Hall–Kier alpha value is -14.4. The van der Waals surface area contributed by atoms with E-state index in [0.717, 1.165) is 65.5 Å². The Kier molecular flexibility index (Phi) is 34.5. The number of aryl methyl sites for hydroxylation is 4. The van der Waals surface area contributed by atoms with Crippen LogP contribution in [0.1, 0.15) is 169 Å². The number of nitrogens with two attached hydrogens (primary N) is 1. The van der Waals surface area contributed by atoms with Crippen molar-refractivity contribution in [3.63, 3.8) is 0 Å². The van der Waals surface area contributed by atoms with E-state index in [4.69, 9.17) is 38.9 Å². The summed E-state index contributed by atoms with van der Waals surface area (Å²) in [5.74, 6) is -1.44.